The zero-order valence-electron chi connectivity index (χ0n) is 16.8. The molecular formula is C20H26O10. The molecule has 1 aromatic carbocycles. The van der Waals surface area contributed by atoms with Crippen LogP contribution >= 0.6 is 0 Å². The van der Waals surface area contributed by atoms with Gasteiger partial charge in [-0.1, -0.05) is 6.58 Å². The van der Waals surface area contributed by atoms with Crippen LogP contribution in [0.2, 0.25) is 0 Å². The number of rotatable bonds is 14. The van der Waals surface area contributed by atoms with Crippen LogP contribution in [-0.2, 0) is 28.5 Å². The molecule has 0 fully saturated rings. The van der Waals surface area contributed by atoms with Gasteiger partial charge in [-0.15, -0.1) is 0 Å². The molecule has 0 aliphatic carbocycles. The van der Waals surface area contributed by atoms with Crippen molar-refractivity contribution in [1.29, 1.82) is 0 Å². The first-order valence-corrected chi connectivity index (χ1v) is 9.30. The fourth-order valence-electron chi connectivity index (χ4n) is 1.87. The van der Waals surface area contributed by atoms with Crippen molar-refractivity contribution < 1.29 is 47.5 Å². The van der Waals surface area contributed by atoms with Crippen molar-refractivity contribution in [1.82, 2.24) is 0 Å². The first kappa shape index (κ1) is 24.8. The fraction of sp³-hybridized carbons (Fsp3) is 0.450. The van der Waals surface area contributed by atoms with E-state index in [9.17, 15) is 14.4 Å². The topological polar surface area (TPSA) is 116 Å². The summed E-state index contributed by atoms with van der Waals surface area (Å²) in [6, 6.07) is 5.69. The van der Waals surface area contributed by atoms with Crippen molar-refractivity contribution in [2.45, 2.75) is 19.8 Å². The summed E-state index contributed by atoms with van der Waals surface area (Å²) in [7, 11) is 0. The van der Waals surface area contributed by atoms with Gasteiger partial charge in [0, 0.05) is 19.6 Å². The van der Waals surface area contributed by atoms with Gasteiger partial charge in [0.2, 0.25) is 0 Å². The van der Waals surface area contributed by atoms with E-state index in [0.717, 1.165) is 0 Å². The van der Waals surface area contributed by atoms with Crippen LogP contribution in [0.3, 0.4) is 0 Å². The maximum absolute atomic E-state index is 11.6. The van der Waals surface area contributed by atoms with Crippen molar-refractivity contribution >= 4 is 18.3 Å². The maximum Gasteiger partial charge on any atom is 0.513 e. The Kier molecular flexibility index (Phi) is 12.9. The Morgan fingerprint density at radius 2 is 1.40 bits per heavy atom. The van der Waals surface area contributed by atoms with E-state index in [1.54, 1.807) is 0 Å². The number of carbonyl (C=O) groups excluding carboxylic acids is 3. The Balaban J connectivity index is 2.20. The van der Waals surface area contributed by atoms with E-state index in [-0.39, 0.29) is 44.3 Å². The number of carbonyl (C=O) groups is 3. The molecule has 1 aromatic rings. The maximum atomic E-state index is 11.6. The molecule has 0 aliphatic heterocycles. The lowest BCUT2D eigenvalue weighted by Crippen LogP contribution is -2.17. The summed E-state index contributed by atoms with van der Waals surface area (Å²) in [6.07, 6.45) is 0.0443. The number of benzene rings is 1. The molecule has 30 heavy (non-hydrogen) atoms. The smallest absolute Gasteiger partial charge is 0.501 e. The third-order valence-electron chi connectivity index (χ3n) is 3.19. The van der Waals surface area contributed by atoms with Gasteiger partial charge in [0.15, 0.2) is 0 Å². The first-order chi connectivity index (χ1) is 14.5. The van der Waals surface area contributed by atoms with Crippen LogP contribution in [0.15, 0.2) is 37.1 Å². The van der Waals surface area contributed by atoms with E-state index >= 15 is 0 Å². The molecule has 10 nitrogen and oxygen atoms in total. The SMILES string of the molecule is C=COCCC(=O)OCCOC(=O)Oc1ccc(OC(=O)OCCCOCC)cc1. The minimum absolute atomic E-state index is 0.0612. The molecule has 1 rings (SSSR count). The summed E-state index contributed by atoms with van der Waals surface area (Å²) in [5, 5.41) is 0. The van der Waals surface area contributed by atoms with Crippen molar-refractivity contribution in [3.63, 3.8) is 0 Å². The number of hydrogen-bond donors (Lipinski definition) is 0. The first-order valence-electron chi connectivity index (χ1n) is 9.30. The van der Waals surface area contributed by atoms with Crippen molar-refractivity contribution in [2.75, 3.05) is 39.6 Å². The largest absolute Gasteiger partial charge is 0.513 e. The van der Waals surface area contributed by atoms with Crippen LogP contribution in [0, 0.1) is 0 Å². The lowest BCUT2D eigenvalue weighted by Gasteiger charge is -2.08. The standard InChI is InChI=1S/C20H26O10/c1-3-24-11-5-12-27-19(22)29-16-6-8-17(9-7-16)30-20(23)28-15-14-26-18(21)10-13-25-4-2/h4,6-9H,2-3,5,10-15H2,1H3. The lowest BCUT2D eigenvalue weighted by atomic mass is 10.3. The van der Waals surface area contributed by atoms with Crippen LogP contribution in [0.5, 0.6) is 11.5 Å². The number of esters is 1. The van der Waals surface area contributed by atoms with Gasteiger partial charge in [-0.25, -0.2) is 9.59 Å². The van der Waals surface area contributed by atoms with E-state index < -0.39 is 18.3 Å². The average Bonchev–Trinajstić information content (AvgIpc) is 2.73. The molecule has 0 N–H and O–H groups in total. The minimum atomic E-state index is -0.969. The number of ether oxygens (including phenoxy) is 7. The Morgan fingerprint density at radius 3 is 1.97 bits per heavy atom. The van der Waals surface area contributed by atoms with Crippen LogP contribution in [0.4, 0.5) is 9.59 Å². The Bertz CT molecular complexity index is 656. The van der Waals surface area contributed by atoms with Gasteiger partial charge >= 0.3 is 18.3 Å². The zero-order valence-corrected chi connectivity index (χ0v) is 16.8. The molecular weight excluding hydrogens is 400 g/mol. The van der Waals surface area contributed by atoms with Gasteiger partial charge < -0.3 is 33.2 Å². The van der Waals surface area contributed by atoms with E-state index in [2.05, 4.69) is 6.58 Å². The Morgan fingerprint density at radius 1 is 0.833 bits per heavy atom. The van der Waals surface area contributed by atoms with Crippen molar-refractivity contribution in [2.24, 2.45) is 0 Å². The van der Waals surface area contributed by atoms with Crippen LogP contribution in [0.25, 0.3) is 0 Å². The zero-order chi connectivity index (χ0) is 22.0. The molecule has 0 radical (unpaired) electrons. The molecule has 0 amide bonds. The van der Waals surface area contributed by atoms with E-state index in [4.69, 9.17) is 33.2 Å². The van der Waals surface area contributed by atoms with Gasteiger partial charge in [0.05, 0.1) is 25.9 Å². The highest BCUT2D eigenvalue weighted by atomic mass is 16.7. The summed E-state index contributed by atoms with van der Waals surface area (Å²) in [5.41, 5.74) is 0. The molecule has 0 saturated heterocycles. The normalized spacial score (nSPS) is 9.90. The highest BCUT2D eigenvalue weighted by Crippen LogP contribution is 2.18. The van der Waals surface area contributed by atoms with Crippen molar-refractivity contribution in [3.8, 4) is 11.5 Å². The molecule has 0 bridgehead atoms. The second-order valence-corrected chi connectivity index (χ2v) is 5.43. The molecule has 166 valence electrons. The van der Waals surface area contributed by atoms with Crippen LogP contribution < -0.4 is 9.47 Å². The minimum Gasteiger partial charge on any atom is -0.501 e. The van der Waals surface area contributed by atoms with E-state index in [1.807, 2.05) is 6.92 Å². The molecule has 0 aliphatic rings. The summed E-state index contributed by atoms with van der Waals surface area (Å²) >= 11 is 0. The Hall–Kier alpha value is -3.27. The highest BCUT2D eigenvalue weighted by molar-refractivity contribution is 5.69. The predicted molar refractivity (Wildman–Crippen MR) is 103 cm³/mol. The number of hydrogen-bond acceptors (Lipinski definition) is 10. The van der Waals surface area contributed by atoms with Crippen molar-refractivity contribution in [3.05, 3.63) is 37.1 Å². The highest BCUT2D eigenvalue weighted by Gasteiger charge is 2.10. The van der Waals surface area contributed by atoms with Crippen LogP contribution in [0.1, 0.15) is 19.8 Å². The van der Waals surface area contributed by atoms with Gasteiger partial charge in [-0.2, -0.15) is 0 Å². The second kappa shape index (κ2) is 15.6. The molecule has 0 atom stereocenters. The second-order valence-electron chi connectivity index (χ2n) is 5.43. The molecule has 0 saturated carbocycles. The third kappa shape index (κ3) is 12.2. The summed E-state index contributed by atoms with van der Waals surface area (Å²) in [4.78, 5) is 34.4. The summed E-state index contributed by atoms with van der Waals surface area (Å²) < 4.78 is 34.4. The molecule has 0 aromatic heterocycles. The summed E-state index contributed by atoms with van der Waals surface area (Å²) in [6.45, 7) is 6.40. The quantitative estimate of drug-likeness (QED) is 0.144. The summed E-state index contributed by atoms with van der Waals surface area (Å²) in [5.74, 6) is -0.0916. The Labute approximate surface area is 174 Å². The van der Waals surface area contributed by atoms with Gasteiger partial charge in [-0.05, 0) is 31.2 Å². The molecule has 0 heterocycles. The third-order valence-corrected chi connectivity index (χ3v) is 3.19. The average molecular weight is 426 g/mol. The van der Waals surface area contributed by atoms with Gasteiger partial charge in [-0.3, -0.25) is 4.79 Å². The molecule has 10 heteroatoms. The molecule has 0 spiro atoms. The van der Waals surface area contributed by atoms with Gasteiger partial charge in [0.25, 0.3) is 0 Å². The van der Waals surface area contributed by atoms with Crippen LogP contribution in [-0.4, -0.2) is 57.9 Å². The van der Waals surface area contributed by atoms with E-state index in [1.165, 1.54) is 30.5 Å². The predicted octanol–water partition coefficient (Wildman–Crippen LogP) is 3.24. The van der Waals surface area contributed by atoms with Gasteiger partial charge in [0.1, 0.15) is 24.7 Å². The molecule has 0 unspecified atom stereocenters. The fourth-order valence-corrected chi connectivity index (χ4v) is 1.87. The lowest BCUT2D eigenvalue weighted by molar-refractivity contribution is -0.145. The monoisotopic (exact) mass is 426 g/mol. The van der Waals surface area contributed by atoms with E-state index in [0.29, 0.717) is 19.6 Å².